The van der Waals surface area contributed by atoms with Gasteiger partial charge in [0.05, 0.1) is 0 Å². The predicted octanol–water partition coefficient (Wildman–Crippen LogP) is 1.62. The molecular weight excluding hydrogens is 156 g/mol. The topological polar surface area (TPSA) is 29.3 Å². The van der Waals surface area contributed by atoms with E-state index in [0.29, 0.717) is 0 Å². The Balaban J connectivity index is 3.09. The fraction of sp³-hybridized carbons (Fsp3) is 0.250. The first-order chi connectivity index (χ1) is 5.11. The van der Waals surface area contributed by atoms with E-state index in [2.05, 4.69) is 12.6 Å². The lowest BCUT2D eigenvalue weighted by atomic mass is 10.3. The summed E-state index contributed by atoms with van der Waals surface area (Å²) in [4.78, 5) is 2.91. The Labute approximate surface area is 72.4 Å². The van der Waals surface area contributed by atoms with Crippen LogP contribution < -0.4 is 10.6 Å². The molecule has 1 aromatic carbocycles. The lowest BCUT2D eigenvalue weighted by Crippen LogP contribution is -2.09. The van der Waals surface area contributed by atoms with Crippen LogP contribution in [0.15, 0.2) is 23.1 Å². The van der Waals surface area contributed by atoms with Gasteiger partial charge in [-0.25, -0.2) is 0 Å². The molecule has 0 fully saturated rings. The summed E-state index contributed by atoms with van der Waals surface area (Å²) in [6, 6.07) is 5.67. The summed E-state index contributed by atoms with van der Waals surface area (Å²) < 4.78 is 0. The van der Waals surface area contributed by atoms with Gasteiger partial charge in [0, 0.05) is 30.4 Å². The van der Waals surface area contributed by atoms with Crippen molar-refractivity contribution in [3.8, 4) is 0 Å². The van der Waals surface area contributed by atoms with Crippen LogP contribution in [0.5, 0.6) is 0 Å². The minimum absolute atomic E-state index is 0.751. The van der Waals surface area contributed by atoms with Gasteiger partial charge < -0.3 is 10.6 Å². The molecule has 0 aromatic heterocycles. The summed E-state index contributed by atoms with van der Waals surface area (Å²) in [6.07, 6.45) is 0. The molecule has 0 aliphatic rings. The maximum absolute atomic E-state index is 5.56. The average Bonchev–Trinajstić information content (AvgIpc) is 1.85. The smallest absolute Gasteiger partial charge is 0.0498 e. The summed E-state index contributed by atoms with van der Waals surface area (Å²) in [6.45, 7) is 0. The van der Waals surface area contributed by atoms with Crippen LogP contribution in [-0.2, 0) is 0 Å². The second-order valence-corrected chi connectivity index (χ2v) is 3.12. The monoisotopic (exact) mass is 168 g/mol. The van der Waals surface area contributed by atoms with Crippen molar-refractivity contribution in [3.05, 3.63) is 18.2 Å². The molecule has 11 heavy (non-hydrogen) atoms. The Morgan fingerprint density at radius 2 is 2.00 bits per heavy atom. The van der Waals surface area contributed by atoms with Crippen molar-refractivity contribution in [3.63, 3.8) is 0 Å². The highest BCUT2D eigenvalue weighted by molar-refractivity contribution is 7.80. The summed E-state index contributed by atoms with van der Waals surface area (Å²) in [5.74, 6) is 0. The van der Waals surface area contributed by atoms with Gasteiger partial charge in [0.2, 0.25) is 0 Å². The maximum atomic E-state index is 5.56. The molecule has 0 saturated carbocycles. The third-order valence-electron chi connectivity index (χ3n) is 1.48. The summed E-state index contributed by atoms with van der Waals surface area (Å²) in [5, 5.41) is 0. The van der Waals surface area contributed by atoms with Crippen molar-refractivity contribution in [1.82, 2.24) is 0 Å². The molecular formula is C8H12N2S. The molecule has 3 heteroatoms. The lowest BCUT2D eigenvalue weighted by molar-refractivity contribution is 1.10. The molecule has 0 unspecified atom stereocenters. The van der Waals surface area contributed by atoms with Crippen molar-refractivity contribution in [2.45, 2.75) is 4.90 Å². The second-order valence-electron chi connectivity index (χ2n) is 2.64. The van der Waals surface area contributed by atoms with Crippen LogP contribution in [0, 0.1) is 0 Å². The van der Waals surface area contributed by atoms with E-state index in [1.54, 1.807) is 0 Å². The Morgan fingerprint density at radius 1 is 1.36 bits per heavy atom. The molecule has 1 rings (SSSR count). The fourth-order valence-electron chi connectivity index (χ4n) is 0.919. The zero-order valence-electron chi connectivity index (χ0n) is 6.70. The summed E-state index contributed by atoms with van der Waals surface area (Å²) in [7, 11) is 3.95. The van der Waals surface area contributed by atoms with E-state index < -0.39 is 0 Å². The van der Waals surface area contributed by atoms with Crippen LogP contribution in [0.1, 0.15) is 0 Å². The molecule has 0 atom stereocenters. The third-order valence-corrected chi connectivity index (χ3v) is 1.84. The van der Waals surface area contributed by atoms with Gasteiger partial charge in [0.25, 0.3) is 0 Å². The molecule has 0 bridgehead atoms. The van der Waals surface area contributed by atoms with Gasteiger partial charge in [-0.3, -0.25) is 0 Å². The molecule has 0 saturated heterocycles. The Morgan fingerprint density at radius 3 is 2.45 bits per heavy atom. The molecule has 0 amide bonds. The quantitative estimate of drug-likeness (QED) is 0.493. The minimum atomic E-state index is 0.751. The Bertz CT molecular complexity index is 258. The van der Waals surface area contributed by atoms with Crippen LogP contribution in [-0.4, -0.2) is 14.1 Å². The zero-order valence-corrected chi connectivity index (χ0v) is 7.60. The molecule has 0 aliphatic heterocycles. The van der Waals surface area contributed by atoms with Gasteiger partial charge in [0.1, 0.15) is 0 Å². The van der Waals surface area contributed by atoms with E-state index in [1.165, 1.54) is 0 Å². The van der Waals surface area contributed by atoms with E-state index in [0.717, 1.165) is 16.3 Å². The Hall–Kier alpha value is -0.830. The number of thiol groups is 1. The van der Waals surface area contributed by atoms with Gasteiger partial charge in [0.15, 0.2) is 0 Å². The normalized spacial score (nSPS) is 9.73. The number of nitrogen functional groups attached to an aromatic ring is 1. The average molecular weight is 168 g/mol. The standard InChI is InChI=1S/C8H12N2S/c1-10(2)7-4-3-6(9)5-8(7)11/h3-5,11H,9H2,1-2H3. The predicted molar refractivity (Wildman–Crippen MR) is 52.4 cm³/mol. The van der Waals surface area contributed by atoms with E-state index in [-0.39, 0.29) is 0 Å². The third kappa shape index (κ3) is 1.80. The number of benzene rings is 1. The number of hydrogen-bond acceptors (Lipinski definition) is 3. The van der Waals surface area contributed by atoms with Crippen molar-refractivity contribution in [1.29, 1.82) is 0 Å². The van der Waals surface area contributed by atoms with Gasteiger partial charge in [-0.1, -0.05) is 0 Å². The SMILES string of the molecule is CN(C)c1ccc(N)cc1S. The van der Waals surface area contributed by atoms with Gasteiger partial charge in [-0.2, -0.15) is 0 Å². The summed E-state index contributed by atoms with van der Waals surface area (Å²) in [5.41, 5.74) is 7.40. The molecule has 60 valence electrons. The molecule has 2 nitrogen and oxygen atoms in total. The van der Waals surface area contributed by atoms with Crippen molar-refractivity contribution in [2.24, 2.45) is 0 Å². The van der Waals surface area contributed by atoms with E-state index in [9.17, 15) is 0 Å². The fourth-order valence-corrected chi connectivity index (χ4v) is 1.34. The first kappa shape index (κ1) is 8.27. The van der Waals surface area contributed by atoms with Crippen LogP contribution >= 0.6 is 12.6 Å². The van der Waals surface area contributed by atoms with E-state index >= 15 is 0 Å². The molecule has 0 radical (unpaired) electrons. The highest BCUT2D eigenvalue weighted by Crippen LogP contribution is 2.24. The number of hydrogen-bond donors (Lipinski definition) is 2. The largest absolute Gasteiger partial charge is 0.399 e. The molecule has 0 heterocycles. The lowest BCUT2D eigenvalue weighted by Gasteiger charge is -2.14. The van der Waals surface area contributed by atoms with Crippen LogP contribution in [0.3, 0.4) is 0 Å². The number of rotatable bonds is 1. The maximum Gasteiger partial charge on any atom is 0.0498 e. The van der Waals surface area contributed by atoms with E-state index in [4.69, 9.17) is 5.73 Å². The zero-order chi connectivity index (χ0) is 8.43. The molecule has 2 N–H and O–H groups in total. The Kier molecular flexibility index (Phi) is 2.29. The molecule has 0 spiro atoms. The van der Waals surface area contributed by atoms with Gasteiger partial charge >= 0.3 is 0 Å². The van der Waals surface area contributed by atoms with Gasteiger partial charge in [-0.05, 0) is 18.2 Å². The van der Waals surface area contributed by atoms with Gasteiger partial charge in [-0.15, -0.1) is 12.6 Å². The number of nitrogens with two attached hydrogens (primary N) is 1. The molecule has 0 aliphatic carbocycles. The van der Waals surface area contributed by atoms with Crippen LogP contribution in [0.2, 0.25) is 0 Å². The molecule has 1 aromatic rings. The first-order valence-electron chi connectivity index (χ1n) is 3.37. The second kappa shape index (κ2) is 3.05. The highest BCUT2D eigenvalue weighted by Gasteiger charge is 1.99. The summed E-state index contributed by atoms with van der Waals surface area (Å²) >= 11 is 4.29. The van der Waals surface area contributed by atoms with Crippen molar-refractivity contribution in [2.75, 3.05) is 24.7 Å². The van der Waals surface area contributed by atoms with Crippen LogP contribution in [0.25, 0.3) is 0 Å². The van der Waals surface area contributed by atoms with Crippen molar-refractivity contribution >= 4 is 24.0 Å². The number of nitrogens with zero attached hydrogens (tertiary/aromatic N) is 1. The minimum Gasteiger partial charge on any atom is -0.399 e. The first-order valence-corrected chi connectivity index (χ1v) is 3.82. The highest BCUT2D eigenvalue weighted by atomic mass is 32.1. The van der Waals surface area contributed by atoms with Crippen LogP contribution in [0.4, 0.5) is 11.4 Å². The number of anilines is 2. The van der Waals surface area contributed by atoms with Crippen molar-refractivity contribution < 1.29 is 0 Å². The van der Waals surface area contributed by atoms with E-state index in [1.807, 2.05) is 37.2 Å².